The number of halogens is 1. The van der Waals surface area contributed by atoms with Crippen LogP contribution in [0.4, 0.5) is 0 Å². The molecule has 1 aliphatic rings. The maximum atomic E-state index is 9.34. The second-order valence-electron chi connectivity index (χ2n) is 5.70. The second-order valence-corrected chi connectivity index (χ2v) is 6.11. The highest BCUT2D eigenvalue weighted by molar-refractivity contribution is 6.32. The molecule has 2 atom stereocenters. The van der Waals surface area contributed by atoms with Gasteiger partial charge >= 0.3 is 0 Å². The lowest BCUT2D eigenvalue weighted by molar-refractivity contribution is 0.203. The van der Waals surface area contributed by atoms with Crippen LogP contribution < -0.4 is 20.1 Å². The van der Waals surface area contributed by atoms with Gasteiger partial charge in [0.15, 0.2) is 11.5 Å². The number of hydrogen-bond acceptors (Lipinski definition) is 5. The molecule has 0 aliphatic carbocycles. The molecule has 0 amide bonds. The molecule has 0 bridgehead atoms. The first kappa shape index (κ1) is 18.1. The molecule has 1 saturated heterocycles. The molecule has 1 aliphatic heterocycles. The Morgan fingerprint density at radius 3 is 2.91 bits per heavy atom. The normalized spacial score (nSPS) is 20.5. The number of benzene rings is 1. The Labute approximate surface area is 142 Å². The summed E-state index contributed by atoms with van der Waals surface area (Å²) in [5, 5.41) is 16.6. The Bertz CT molecular complexity index is 525. The summed E-state index contributed by atoms with van der Waals surface area (Å²) in [5.74, 6) is 1.94. The zero-order valence-corrected chi connectivity index (χ0v) is 14.2. The molecule has 3 N–H and O–H groups in total. The molecular weight excluding hydrogens is 316 g/mol. The first-order valence-electron chi connectivity index (χ1n) is 7.82. The van der Waals surface area contributed by atoms with Gasteiger partial charge in [0.05, 0.1) is 12.1 Å². The highest BCUT2D eigenvalue weighted by Crippen LogP contribution is 2.36. The van der Waals surface area contributed by atoms with Gasteiger partial charge in [-0.25, -0.2) is 0 Å². The topological polar surface area (TPSA) is 62.8 Å². The van der Waals surface area contributed by atoms with Crippen LogP contribution in [0.1, 0.15) is 5.56 Å². The Hall–Kier alpha value is -1.27. The Morgan fingerprint density at radius 1 is 1.43 bits per heavy atom. The molecule has 1 fully saturated rings. The summed E-state index contributed by atoms with van der Waals surface area (Å²) in [4.78, 5) is 0. The lowest BCUT2D eigenvalue weighted by atomic mass is 9.97. The summed E-state index contributed by atoms with van der Waals surface area (Å²) in [7, 11) is 1.60. The molecule has 0 radical (unpaired) electrons. The Balaban J connectivity index is 1.94. The van der Waals surface area contributed by atoms with Crippen molar-refractivity contribution < 1.29 is 14.6 Å². The van der Waals surface area contributed by atoms with Crippen molar-refractivity contribution in [1.82, 2.24) is 10.6 Å². The number of aliphatic hydroxyl groups is 1. The van der Waals surface area contributed by atoms with E-state index in [9.17, 15) is 5.11 Å². The molecule has 1 heterocycles. The highest BCUT2D eigenvalue weighted by atomic mass is 35.5. The number of rotatable bonds is 9. The van der Waals surface area contributed by atoms with Crippen LogP contribution in [0, 0.1) is 11.8 Å². The molecule has 0 unspecified atom stereocenters. The summed E-state index contributed by atoms with van der Waals surface area (Å²) in [6.45, 7) is 7.61. The quantitative estimate of drug-likeness (QED) is 0.599. The van der Waals surface area contributed by atoms with Gasteiger partial charge in [-0.05, 0) is 42.6 Å². The maximum absolute atomic E-state index is 9.34. The number of aliphatic hydroxyl groups excluding tert-OH is 1. The van der Waals surface area contributed by atoms with Gasteiger partial charge in [0.1, 0.15) is 6.61 Å². The summed E-state index contributed by atoms with van der Waals surface area (Å²) in [6.07, 6.45) is 1.67. The van der Waals surface area contributed by atoms with Crippen molar-refractivity contribution in [3.63, 3.8) is 0 Å². The number of hydrogen-bond donors (Lipinski definition) is 3. The van der Waals surface area contributed by atoms with Crippen LogP contribution in [0.2, 0.25) is 5.02 Å². The fourth-order valence-corrected chi connectivity index (χ4v) is 3.09. The van der Waals surface area contributed by atoms with E-state index >= 15 is 0 Å². The fraction of sp³-hybridized carbons (Fsp3) is 0.529. The highest BCUT2D eigenvalue weighted by Gasteiger charge is 2.25. The molecule has 5 nitrogen and oxygen atoms in total. The van der Waals surface area contributed by atoms with Crippen LogP contribution in [0.5, 0.6) is 11.5 Å². The molecule has 0 saturated carbocycles. The van der Waals surface area contributed by atoms with E-state index in [0.717, 1.165) is 25.2 Å². The third kappa shape index (κ3) is 4.85. The predicted molar refractivity (Wildman–Crippen MR) is 92.3 cm³/mol. The molecule has 1 aromatic carbocycles. The maximum Gasteiger partial charge on any atom is 0.180 e. The van der Waals surface area contributed by atoms with Gasteiger partial charge in [-0.1, -0.05) is 24.3 Å². The van der Waals surface area contributed by atoms with Crippen LogP contribution in [-0.4, -0.2) is 45.1 Å². The van der Waals surface area contributed by atoms with Crippen molar-refractivity contribution in [2.75, 3.05) is 40.0 Å². The summed E-state index contributed by atoms with van der Waals surface area (Å²) >= 11 is 6.29. The second kappa shape index (κ2) is 9.13. The first-order chi connectivity index (χ1) is 11.2. The number of methoxy groups -OCH3 is 1. The summed E-state index contributed by atoms with van der Waals surface area (Å²) < 4.78 is 10.9. The smallest absolute Gasteiger partial charge is 0.180 e. The standard InChI is InChI=1S/C17H25ClN2O3/c1-3-4-23-17-15(18)5-12(6-16(17)22-2)7-19-8-13-9-20-10-14(13)11-21/h3,5-6,13-14,19-21H,1,4,7-11H2,2H3/t13-,14+/m1/s1. The van der Waals surface area contributed by atoms with E-state index in [2.05, 4.69) is 17.2 Å². The SMILES string of the molecule is C=CCOc1c(Cl)cc(CNC[C@@H]2CNC[C@H]2CO)cc1OC. The molecule has 23 heavy (non-hydrogen) atoms. The largest absolute Gasteiger partial charge is 0.493 e. The van der Waals surface area contributed by atoms with Crippen LogP contribution in [0.25, 0.3) is 0 Å². The fourth-order valence-electron chi connectivity index (χ4n) is 2.80. The van der Waals surface area contributed by atoms with Crippen molar-refractivity contribution in [1.29, 1.82) is 0 Å². The monoisotopic (exact) mass is 340 g/mol. The van der Waals surface area contributed by atoms with Crippen LogP contribution in [0.3, 0.4) is 0 Å². The Morgan fingerprint density at radius 2 is 2.22 bits per heavy atom. The van der Waals surface area contributed by atoms with Crippen LogP contribution in [0.15, 0.2) is 24.8 Å². The summed E-state index contributed by atoms with van der Waals surface area (Å²) in [5.41, 5.74) is 1.03. The molecule has 0 spiro atoms. The molecule has 6 heteroatoms. The van der Waals surface area contributed by atoms with Gasteiger partial charge < -0.3 is 25.2 Å². The van der Waals surface area contributed by atoms with Crippen molar-refractivity contribution in [3.8, 4) is 11.5 Å². The molecular formula is C17H25ClN2O3. The number of nitrogens with one attached hydrogen (secondary N) is 2. The van der Waals surface area contributed by atoms with Gasteiger partial charge in [-0.15, -0.1) is 0 Å². The van der Waals surface area contributed by atoms with Crippen molar-refractivity contribution in [3.05, 3.63) is 35.4 Å². The average Bonchev–Trinajstić information content (AvgIpc) is 3.01. The lowest BCUT2D eigenvalue weighted by Gasteiger charge is -2.17. The van der Waals surface area contributed by atoms with Crippen LogP contribution in [-0.2, 0) is 6.54 Å². The van der Waals surface area contributed by atoms with Gasteiger partial charge in [-0.3, -0.25) is 0 Å². The van der Waals surface area contributed by atoms with Crippen LogP contribution >= 0.6 is 11.6 Å². The van der Waals surface area contributed by atoms with Crippen molar-refractivity contribution >= 4 is 11.6 Å². The summed E-state index contributed by atoms with van der Waals surface area (Å²) in [6, 6.07) is 3.81. The lowest BCUT2D eigenvalue weighted by Crippen LogP contribution is -2.29. The van der Waals surface area contributed by atoms with E-state index in [4.69, 9.17) is 21.1 Å². The van der Waals surface area contributed by atoms with Gasteiger partial charge in [0.25, 0.3) is 0 Å². The van der Waals surface area contributed by atoms with E-state index in [1.54, 1.807) is 13.2 Å². The first-order valence-corrected chi connectivity index (χ1v) is 8.19. The van der Waals surface area contributed by atoms with E-state index in [1.807, 2.05) is 12.1 Å². The van der Waals surface area contributed by atoms with Crippen molar-refractivity contribution in [2.45, 2.75) is 6.54 Å². The minimum Gasteiger partial charge on any atom is -0.493 e. The molecule has 2 rings (SSSR count). The minimum atomic E-state index is 0.230. The molecule has 0 aromatic heterocycles. The van der Waals surface area contributed by atoms with Gasteiger partial charge in [-0.2, -0.15) is 0 Å². The Kier molecular flexibility index (Phi) is 7.17. The van der Waals surface area contributed by atoms with Gasteiger partial charge in [0.2, 0.25) is 0 Å². The van der Waals surface area contributed by atoms with Gasteiger partial charge in [0, 0.05) is 19.7 Å². The zero-order chi connectivity index (χ0) is 16.7. The zero-order valence-electron chi connectivity index (χ0n) is 13.5. The molecule has 1 aromatic rings. The van der Waals surface area contributed by atoms with E-state index in [0.29, 0.717) is 41.5 Å². The molecule has 128 valence electrons. The van der Waals surface area contributed by atoms with E-state index in [1.165, 1.54) is 0 Å². The average molecular weight is 341 g/mol. The third-order valence-corrected chi connectivity index (χ3v) is 4.37. The number of ether oxygens (including phenoxy) is 2. The van der Waals surface area contributed by atoms with E-state index in [-0.39, 0.29) is 6.61 Å². The predicted octanol–water partition coefficient (Wildman–Crippen LogP) is 1.83. The minimum absolute atomic E-state index is 0.230. The van der Waals surface area contributed by atoms with E-state index < -0.39 is 0 Å². The van der Waals surface area contributed by atoms with Crippen molar-refractivity contribution in [2.24, 2.45) is 11.8 Å². The third-order valence-electron chi connectivity index (χ3n) is 4.08.